The van der Waals surface area contributed by atoms with Gasteiger partial charge in [0.2, 0.25) is 5.91 Å². The molecule has 0 fully saturated rings. The van der Waals surface area contributed by atoms with E-state index in [0.717, 1.165) is 11.1 Å². The molecule has 6 heteroatoms. The molecule has 28 heavy (non-hydrogen) atoms. The predicted molar refractivity (Wildman–Crippen MR) is 114 cm³/mol. The highest BCUT2D eigenvalue weighted by Gasteiger charge is 2.25. The van der Waals surface area contributed by atoms with Gasteiger partial charge in [-0.2, -0.15) is 0 Å². The van der Waals surface area contributed by atoms with Crippen LogP contribution in [0.2, 0.25) is 5.02 Å². The van der Waals surface area contributed by atoms with Gasteiger partial charge in [0.05, 0.1) is 4.88 Å². The van der Waals surface area contributed by atoms with Crippen LogP contribution in [0.5, 0.6) is 0 Å². The molecule has 3 aromatic rings. The monoisotopic (exact) mass is 412 g/mol. The van der Waals surface area contributed by atoms with Crippen LogP contribution in [0.25, 0.3) is 0 Å². The molecule has 1 aromatic heterocycles. The number of rotatable bonds is 7. The van der Waals surface area contributed by atoms with Gasteiger partial charge in [-0.05, 0) is 34.7 Å². The van der Waals surface area contributed by atoms with Crippen LogP contribution in [0.4, 0.5) is 0 Å². The fourth-order valence-corrected chi connectivity index (χ4v) is 3.78. The Balaban J connectivity index is 1.76. The van der Waals surface area contributed by atoms with Crippen molar-refractivity contribution in [2.45, 2.75) is 19.0 Å². The zero-order valence-electron chi connectivity index (χ0n) is 15.5. The first kappa shape index (κ1) is 20.1. The predicted octanol–water partition coefficient (Wildman–Crippen LogP) is 4.40. The van der Waals surface area contributed by atoms with Crippen LogP contribution in [-0.4, -0.2) is 29.8 Å². The number of hydrogen-bond donors (Lipinski definition) is 1. The molecule has 0 spiro atoms. The minimum atomic E-state index is -0.652. The quantitative estimate of drug-likeness (QED) is 0.625. The summed E-state index contributed by atoms with van der Waals surface area (Å²) in [4.78, 5) is 27.9. The van der Waals surface area contributed by atoms with Gasteiger partial charge in [0.1, 0.15) is 6.04 Å². The second-order valence-corrected chi connectivity index (χ2v) is 7.90. The first-order valence-electron chi connectivity index (χ1n) is 8.90. The van der Waals surface area contributed by atoms with Gasteiger partial charge in [-0.1, -0.05) is 60.1 Å². The molecule has 3 rings (SSSR count). The van der Waals surface area contributed by atoms with Crippen LogP contribution in [0.1, 0.15) is 20.8 Å². The van der Waals surface area contributed by atoms with E-state index in [0.29, 0.717) is 22.9 Å². The number of nitrogens with zero attached hydrogens (tertiary/aromatic N) is 1. The van der Waals surface area contributed by atoms with E-state index in [1.807, 2.05) is 60.0 Å². The molecule has 0 saturated carbocycles. The Kier molecular flexibility index (Phi) is 6.85. The van der Waals surface area contributed by atoms with E-state index in [-0.39, 0.29) is 11.8 Å². The Bertz CT molecular complexity index is 929. The fraction of sp³-hybridized carbons (Fsp3) is 0.182. The fourth-order valence-electron chi connectivity index (χ4n) is 2.94. The second-order valence-electron chi connectivity index (χ2n) is 6.52. The third-order valence-corrected chi connectivity index (χ3v) is 5.42. The van der Waals surface area contributed by atoms with Crippen molar-refractivity contribution in [2.24, 2.45) is 0 Å². The molecule has 1 N–H and O–H groups in total. The zero-order chi connectivity index (χ0) is 19.9. The van der Waals surface area contributed by atoms with Crippen LogP contribution in [-0.2, 0) is 17.8 Å². The minimum Gasteiger partial charge on any atom is -0.340 e. The van der Waals surface area contributed by atoms with Gasteiger partial charge >= 0.3 is 0 Å². The van der Waals surface area contributed by atoms with E-state index in [1.165, 1.54) is 11.3 Å². The molecule has 4 nitrogen and oxygen atoms in total. The lowest BCUT2D eigenvalue weighted by Gasteiger charge is -2.25. The average molecular weight is 413 g/mol. The molecule has 0 bridgehead atoms. The van der Waals surface area contributed by atoms with Crippen molar-refractivity contribution in [3.8, 4) is 0 Å². The van der Waals surface area contributed by atoms with E-state index < -0.39 is 6.04 Å². The molecule has 0 aliphatic carbocycles. The molecular formula is C22H21ClN2O2S. The Morgan fingerprint density at radius 3 is 2.46 bits per heavy atom. The first-order chi connectivity index (χ1) is 13.5. The maximum absolute atomic E-state index is 13.1. The van der Waals surface area contributed by atoms with Crippen LogP contribution in [0, 0.1) is 0 Å². The van der Waals surface area contributed by atoms with Crippen LogP contribution < -0.4 is 5.32 Å². The number of likely N-dealkylation sites (N-methyl/N-ethyl adjacent to an activating group) is 1. The highest BCUT2D eigenvalue weighted by atomic mass is 35.5. The number of amides is 2. The maximum Gasteiger partial charge on any atom is 0.262 e. The lowest BCUT2D eigenvalue weighted by molar-refractivity contribution is -0.132. The van der Waals surface area contributed by atoms with E-state index in [1.54, 1.807) is 24.1 Å². The second kappa shape index (κ2) is 9.53. The third kappa shape index (κ3) is 5.44. The molecule has 1 atom stereocenters. The van der Waals surface area contributed by atoms with E-state index in [9.17, 15) is 9.59 Å². The summed E-state index contributed by atoms with van der Waals surface area (Å²) in [6.45, 7) is 0.416. The number of benzene rings is 2. The summed E-state index contributed by atoms with van der Waals surface area (Å²) >= 11 is 7.40. The molecule has 0 aliphatic rings. The normalized spacial score (nSPS) is 11.6. The standard InChI is InChI=1S/C22H21ClN2O2S/c1-25(15-17-9-5-10-18(23)13-17)22(27)19(14-16-7-3-2-4-8-16)24-21(26)20-11-6-12-28-20/h2-13,19H,14-15H2,1H3,(H,24,26). The molecule has 144 valence electrons. The van der Waals surface area contributed by atoms with Gasteiger partial charge < -0.3 is 10.2 Å². The molecular weight excluding hydrogens is 392 g/mol. The highest BCUT2D eigenvalue weighted by molar-refractivity contribution is 7.12. The number of nitrogens with one attached hydrogen (secondary N) is 1. The Labute approximate surface area is 173 Å². The number of halogens is 1. The summed E-state index contributed by atoms with van der Waals surface area (Å²) in [6.07, 6.45) is 0.427. The minimum absolute atomic E-state index is 0.145. The van der Waals surface area contributed by atoms with Gasteiger partial charge in [-0.15, -0.1) is 11.3 Å². The molecule has 2 aromatic carbocycles. The van der Waals surface area contributed by atoms with Crippen LogP contribution in [0.3, 0.4) is 0 Å². The van der Waals surface area contributed by atoms with Gasteiger partial charge in [0, 0.05) is 25.0 Å². The molecule has 1 unspecified atom stereocenters. The van der Waals surface area contributed by atoms with Gasteiger partial charge in [0.25, 0.3) is 5.91 Å². The summed E-state index contributed by atoms with van der Waals surface area (Å²) in [5, 5.41) is 5.37. The van der Waals surface area contributed by atoms with Gasteiger partial charge in [-0.3, -0.25) is 9.59 Å². The number of carbonyl (C=O) groups excluding carboxylic acids is 2. The third-order valence-electron chi connectivity index (χ3n) is 4.32. The molecule has 0 aliphatic heterocycles. The number of carbonyl (C=O) groups is 2. The SMILES string of the molecule is CN(Cc1cccc(Cl)c1)C(=O)C(Cc1ccccc1)NC(=O)c1cccs1. The van der Waals surface area contributed by atoms with Crippen LogP contribution >= 0.6 is 22.9 Å². The lowest BCUT2D eigenvalue weighted by Crippen LogP contribution is -2.48. The van der Waals surface area contributed by atoms with Crippen molar-refractivity contribution in [1.82, 2.24) is 10.2 Å². The van der Waals surface area contributed by atoms with Crippen molar-refractivity contribution < 1.29 is 9.59 Å². The summed E-state index contributed by atoms with van der Waals surface area (Å²) < 4.78 is 0. The van der Waals surface area contributed by atoms with Crippen molar-refractivity contribution in [3.05, 3.63) is 93.1 Å². The van der Waals surface area contributed by atoms with Gasteiger partial charge in [-0.25, -0.2) is 0 Å². The van der Waals surface area contributed by atoms with Crippen molar-refractivity contribution in [2.75, 3.05) is 7.05 Å². The number of hydrogen-bond acceptors (Lipinski definition) is 3. The van der Waals surface area contributed by atoms with Crippen molar-refractivity contribution in [1.29, 1.82) is 0 Å². The summed E-state index contributed by atoms with van der Waals surface area (Å²) in [6, 6.07) is 20.0. The summed E-state index contributed by atoms with van der Waals surface area (Å²) in [5.41, 5.74) is 1.93. The van der Waals surface area contributed by atoms with E-state index in [2.05, 4.69) is 5.32 Å². The summed E-state index contributed by atoms with van der Waals surface area (Å²) in [7, 11) is 1.73. The molecule has 1 heterocycles. The maximum atomic E-state index is 13.1. The average Bonchev–Trinajstić information content (AvgIpc) is 3.22. The smallest absolute Gasteiger partial charge is 0.262 e. The Hall–Kier alpha value is -2.63. The zero-order valence-corrected chi connectivity index (χ0v) is 17.0. The largest absolute Gasteiger partial charge is 0.340 e. The molecule has 0 saturated heterocycles. The van der Waals surface area contributed by atoms with Crippen molar-refractivity contribution in [3.63, 3.8) is 0 Å². The first-order valence-corrected chi connectivity index (χ1v) is 10.2. The highest BCUT2D eigenvalue weighted by Crippen LogP contribution is 2.14. The molecule has 2 amide bonds. The van der Waals surface area contributed by atoms with Crippen LogP contribution in [0.15, 0.2) is 72.1 Å². The topological polar surface area (TPSA) is 49.4 Å². The van der Waals surface area contributed by atoms with Crippen molar-refractivity contribution >= 4 is 34.8 Å². The number of thiophene rings is 1. The van der Waals surface area contributed by atoms with Gasteiger partial charge in [0.15, 0.2) is 0 Å². The summed E-state index contributed by atoms with van der Waals surface area (Å²) in [5.74, 6) is -0.380. The Morgan fingerprint density at radius 2 is 1.79 bits per heavy atom. The Morgan fingerprint density at radius 1 is 1.04 bits per heavy atom. The van der Waals surface area contributed by atoms with E-state index in [4.69, 9.17) is 11.6 Å². The molecule has 0 radical (unpaired) electrons. The van der Waals surface area contributed by atoms with E-state index >= 15 is 0 Å². The lowest BCUT2D eigenvalue weighted by atomic mass is 10.0.